The predicted molar refractivity (Wildman–Crippen MR) is 88.5 cm³/mol. The van der Waals surface area contributed by atoms with Crippen LogP contribution in [0.4, 0.5) is 0 Å². The average molecular weight is 302 g/mol. The van der Waals surface area contributed by atoms with Crippen molar-refractivity contribution in [2.75, 3.05) is 20.6 Å². The number of hydrogen-bond donors (Lipinski definition) is 1. The van der Waals surface area contributed by atoms with E-state index < -0.39 is 0 Å². The number of furan rings is 1. The number of rotatable bonds is 9. The summed E-state index contributed by atoms with van der Waals surface area (Å²) in [6, 6.07) is 4.43. The van der Waals surface area contributed by atoms with Crippen molar-refractivity contribution < 1.29 is 4.42 Å². The monoisotopic (exact) mass is 302 g/mol. The Morgan fingerprint density at radius 3 is 2.86 bits per heavy atom. The SMILES string of the molecule is C=CCCC(NCC(c1cnn(C)c1)N(C)C)c1ccco1. The molecule has 0 bridgehead atoms. The van der Waals surface area contributed by atoms with Gasteiger partial charge in [0.2, 0.25) is 0 Å². The molecule has 0 aliphatic rings. The van der Waals surface area contributed by atoms with Gasteiger partial charge in [0.15, 0.2) is 0 Å². The van der Waals surface area contributed by atoms with Crippen molar-refractivity contribution in [2.24, 2.45) is 7.05 Å². The van der Waals surface area contributed by atoms with Crippen LogP contribution in [0.3, 0.4) is 0 Å². The minimum atomic E-state index is 0.201. The van der Waals surface area contributed by atoms with Gasteiger partial charge in [0.1, 0.15) is 5.76 Å². The van der Waals surface area contributed by atoms with Crippen LogP contribution in [-0.4, -0.2) is 35.3 Å². The van der Waals surface area contributed by atoms with Gasteiger partial charge in [0.05, 0.1) is 18.5 Å². The molecule has 120 valence electrons. The van der Waals surface area contributed by atoms with Crippen LogP contribution in [0.15, 0.2) is 47.9 Å². The number of aryl methyl sites for hydroxylation is 1. The molecule has 1 N–H and O–H groups in total. The van der Waals surface area contributed by atoms with E-state index in [9.17, 15) is 0 Å². The summed E-state index contributed by atoms with van der Waals surface area (Å²) in [7, 11) is 6.12. The third-order valence-corrected chi connectivity index (χ3v) is 3.84. The van der Waals surface area contributed by atoms with Crippen LogP contribution in [0.1, 0.15) is 36.2 Å². The summed E-state index contributed by atoms with van der Waals surface area (Å²) in [6.45, 7) is 4.64. The molecule has 5 nitrogen and oxygen atoms in total. The Morgan fingerprint density at radius 2 is 2.32 bits per heavy atom. The molecule has 0 amide bonds. The summed E-state index contributed by atoms with van der Waals surface area (Å²) < 4.78 is 7.41. The first-order valence-corrected chi connectivity index (χ1v) is 7.64. The first-order chi connectivity index (χ1) is 10.6. The smallest absolute Gasteiger partial charge is 0.120 e. The van der Waals surface area contributed by atoms with Gasteiger partial charge in [-0.15, -0.1) is 6.58 Å². The van der Waals surface area contributed by atoms with Gasteiger partial charge in [-0.05, 0) is 39.1 Å². The van der Waals surface area contributed by atoms with Crippen LogP contribution in [0, 0.1) is 0 Å². The van der Waals surface area contributed by atoms with Gasteiger partial charge < -0.3 is 14.6 Å². The number of aromatic nitrogens is 2. The van der Waals surface area contributed by atoms with Gasteiger partial charge in [0.25, 0.3) is 0 Å². The Hall–Kier alpha value is -1.85. The molecule has 0 saturated carbocycles. The number of likely N-dealkylation sites (N-methyl/N-ethyl adjacent to an activating group) is 1. The molecule has 2 rings (SSSR count). The van der Waals surface area contributed by atoms with Crippen molar-refractivity contribution >= 4 is 0 Å². The maximum absolute atomic E-state index is 5.57. The molecule has 5 heteroatoms. The normalized spacial score (nSPS) is 14.2. The minimum absolute atomic E-state index is 0.201. The van der Waals surface area contributed by atoms with E-state index in [1.165, 1.54) is 5.56 Å². The van der Waals surface area contributed by atoms with E-state index in [0.29, 0.717) is 0 Å². The lowest BCUT2D eigenvalue weighted by Gasteiger charge is -2.26. The van der Waals surface area contributed by atoms with Crippen LogP contribution in [0.5, 0.6) is 0 Å². The second kappa shape index (κ2) is 7.96. The molecule has 2 unspecified atom stereocenters. The summed E-state index contributed by atoms with van der Waals surface area (Å²) in [5.74, 6) is 0.977. The van der Waals surface area contributed by atoms with Crippen LogP contribution < -0.4 is 5.32 Å². The van der Waals surface area contributed by atoms with Crippen LogP contribution in [0.2, 0.25) is 0 Å². The molecule has 0 aromatic carbocycles. The standard InChI is InChI=1S/C17H26N4O/c1-5-6-8-15(17-9-7-10-22-17)18-12-16(20(2)3)14-11-19-21(4)13-14/h5,7,9-11,13,15-16,18H,1,6,8,12H2,2-4H3. The summed E-state index contributed by atoms with van der Waals surface area (Å²) in [6.07, 6.45) is 9.60. The molecule has 2 aromatic heterocycles. The quantitative estimate of drug-likeness (QED) is 0.724. The fourth-order valence-electron chi connectivity index (χ4n) is 2.58. The molecule has 0 spiro atoms. The highest BCUT2D eigenvalue weighted by Gasteiger charge is 2.19. The Bertz CT molecular complexity index is 559. The molecular weight excluding hydrogens is 276 g/mol. The molecule has 0 aliphatic heterocycles. The zero-order chi connectivity index (χ0) is 15.9. The summed E-state index contributed by atoms with van der Waals surface area (Å²) in [4.78, 5) is 2.21. The van der Waals surface area contributed by atoms with Crippen LogP contribution in [-0.2, 0) is 7.05 Å². The van der Waals surface area contributed by atoms with Crippen molar-refractivity contribution in [1.29, 1.82) is 0 Å². The van der Waals surface area contributed by atoms with Crippen molar-refractivity contribution in [1.82, 2.24) is 20.0 Å². The molecule has 2 heterocycles. The molecule has 2 atom stereocenters. The van der Waals surface area contributed by atoms with Gasteiger partial charge in [-0.25, -0.2) is 0 Å². The highest BCUT2D eigenvalue weighted by molar-refractivity contribution is 5.12. The topological polar surface area (TPSA) is 46.2 Å². The van der Waals surface area contributed by atoms with E-state index in [-0.39, 0.29) is 12.1 Å². The first kappa shape index (κ1) is 16.5. The van der Waals surface area contributed by atoms with Gasteiger partial charge in [-0.1, -0.05) is 6.08 Å². The fraction of sp³-hybridized carbons (Fsp3) is 0.471. The molecule has 2 aromatic rings. The van der Waals surface area contributed by atoms with Crippen molar-refractivity contribution in [3.63, 3.8) is 0 Å². The first-order valence-electron chi connectivity index (χ1n) is 7.64. The van der Waals surface area contributed by atoms with Crippen molar-refractivity contribution in [3.8, 4) is 0 Å². The summed E-state index contributed by atoms with van der Waals surface area (Å²) in [5.41, 5.74) is 1.21. The van der Waals surface area contributed by atoms with E-state index in [1.54, 1.807) is 6.26 Å². The average Bonchev–Trinajstić information content (AvgIpc) is 3.14. The number of allylic oxidation sites excluding steroid dienone is 1. The Kier molecular flexibility index (Phi) is 5.98. The van der Waals surface area contributed by atoms with Crippen LogP contribution >= 0.6 is 0 Å². The molecule has 0 aliphatic carbocycles. The van der Waals surface area contributed by atoms with Gasteiger partial charge in [-0.2, -0.15) is 5.10 Å². The number of hydrogen-bond acceptors (Lipinski definition) is 4. The molecular formula is C17H26N4O. The lowest BCUT2D eigenvalue weighted by atomic mass is 10.1. The minimum Gasteiger partial charge on any atom is -0.468 e. The van der Waals surface area contributed by atoms with E-state index in [2.05, 4.69) is 42.2 Å². The lowest BCUT2D eigenvalue weighted by Crippen LogP contribution is -2.33. The second-order valence-corrected chi connectivity index (χ2v) is 5.77. The number of nitrogens with one attached hydrogen (secondary N) is 1. The van der Waals surface area contributed by atoms with Crippen LogP contribution in [0.25, 0.3) is 0 Å². The highest BCUT2D eigenvalue weighted by atomic mass is 16.3. The largest absolute Gasteiger partial charge is 0.468 e. The lowest BCUT2D eigenvalue weighted by molar-refractivity contribution is 0.270. The van der Waals surface area contributed by atoms with Crippen molar-refractivity contribution in [3.05, 3.63) is 54.8 Å². The van der Waals surface area contributed by atoms with Crippen molar-refractivity contribution in [2.45, 2.75) is 24.9 Å². The second-order valence-electron chi connectivity index (χ2n) is 5.77. The van der Waals surface area contributed by atoms with E-state index in [0.717, 1.165) is 25.1 Å². The predicted octanol–water partition coefficient (Wildman–Crippen LogP) is 2.91. The fourth-order valence-corrected chi connectivity index (χ4v) is 2.58. The van der Waals surface area contributed by atoms with Gasteiger partial charge in [-0.3, -0.25) is 4.68 Å². The molecule has 22 heavy (non-hydrogen) atoms. The molecule has 0 radical (unpaired) electrons. The number of nitrogens with zero attached hydrogens (tertiary/aromatic N) is 3. The Labute approximate surface area is 132 Å². The maximum atomic E-state index is 5.57. The summed E-state index contributed by atoms with van der Waals surface area (Å²) in [5, 5.41) is 7.90. The summed E-state index contributed by atoms with van der Waals surface area (Å²) >= 11 is 0. The Balaban J connectivity index is 2.03. The maximum Gasteiger partial charge on any atom is 0.120 e. The highest BCUT2D eigenvalue weighted by Crippen LogP contribution is 2.22. The molecule has 0 fully saturated rings. The zero-order valence-corrected chi connectivity index (χ0v) is 13.7. The van der Waals surface area contributed by atoms with E-state index in [1.807, 2.05) is 36.1 Å². The van der Waals surface area contributed by atoms with E-state index >= 15 is 0 Å². The van der Waals surface area contributed by atoms with Gasteiger partial charge >= 0.3 is 0 Å². The Morgan fingerprint density at radius 1 is 1.50 bits per heavy atom. The zero-order valence-electron chi connectivity index (χ0n) is 13.7. The van der Waals surface area contributed by atoms with Gasteiger partial charge in [0, 0.05) is 31.4 Å². The third kappa shape index (κ3) is 4.32. The third-order valence-electron chi connectivity index (χ3n) is 3.84. The van der Waals surface area contributed by atoms with E-state index in [4.69, 9.17) is 4.42 Å². The molecule has 0 saturated heterocycles.